The van der Waals surface area contributed by atoms with Crippen LogP contribution in [-0.2, 0) is 14.3 Å². The Morgan fingerprint density at radius 3 is 2.52 bits per heavy atom. The van der Waals surface area contributed by atoms with E-state index in [0.717, 1.165) is 12.8 Å². The molecule has 5 nitrogen and oxygen atoms in total. The van der Waals surface area contributed by atoms with Gasteiger partial charge in [-0.25, -0.2) is 0 Å². The van der Waals surface area contributed by atoms with Crippen LogP contribution in [0.5, 0.6) is 0 Å². The van der Waals surface area contributed by atoms with E-state index < -0.39 is 6.04 Å². The third kappa shape index (κ3) is 3.96. The SMILES string of the molecule is CC1NC(=O)C(C(C)C)N(CCOC2CCCCC2)C1=O. The van der Waals surface area contributed by atoms with E-state index in [2.05, 4.69) is 5.32 Å². The number of ether oxygens (including phenoxy) is 1. The van der Waals surface area contributed by atoms with Crippen LogP contribution >= 0.6 is 0 Å². The van der Waals surface area contributed by atoms with E-state index in [0.29, 0.717) is 19.3 Å². The molecule has 2 fully saturated rings. The lowest BCUT2D eigenvalue weighted by molar-refractivity contribution is -0.151. The van der Waals surface area contributed by atoms with Crippen LogP contribution in [0.2, 0.25) is 0 Å². The fourth-order valence-electron chi connectivity index (χ4n) is 3.35. The third-order valence-corrected chi connectivity index (χ3v) is 4.49. The first-order chi connectivity index (χ1) is 10.0. The van der Waals surface area contributed by atoms with Gasteiger partial charge in [-0.3, -0.25) is 9.59 Å². The minimum absolute atomic E-state index is 0.000504. The number of nitrogens with one attached hydrogen (secondary N) is 1. The van der Waals surface area contributed by atoms with E-state index in [1.807, 2.05) is 13.8 Å². The summed E-state index contributed by atoms with van der Waals surface area (Å²) < 4.78 is 5.91. The molecule has 2 rings (SSSR count). The van der Waals surface area contributed by atoms with E-state index in [9.17, 15) is 9.59 Å². The lowest BCUT2D eigenvalue weighted by Crippen LogP contribution is -2.64. The highest BCUT2D eigenvalue weighted by Gasteiger charge is 2.39. The molecule has 1 saturated heterocycles. The number of rotatable bonds is 5. The van der Waals surface area contributed by atoms with E-state index in [1.54, 1.807) is 11.8 Å². The van der Waals surface area contributed by atoms with E-state index >= 15 is 0 Å². The van der Waals surface area contributed by atoms with Crippen molar-refractivity contribution in [3.63, 3.8) is 0 Å². The first-order valence-corrected chi connectivity index (χ1v) is 8.23. The van der Waals surface area contributed by atoms with E-state index in [1.165, 1.54) is 19.3 Å². The summed E-state index contributed by atoms with van der Waals surface area (Å²) in [6, 6.07) is -0.800. The molecule has 0 aromatic carbocycles. The number of carbonyl (C=O) groups excluding carboxylic acids is 2. The number of hydrogen-bond donors (Lipinski definition) is 1. The minimum atomic E-state index is -0.429. The normalized spacial score (nSPS) is 28.1. The lowest BCUT2D eigenvalue weighted by Gasteiger charge is -2.40. The monoisotopic (exact) mass is 296 g/mol. The molecule has 1 N–H and O–H groups in total. The Kier molecular flexibility index (Phi) is 5.62. The molecule has 0 aromatic heterocycles. The molecule has 0 spiro atoms. The highest BCUT2D eigenvalue weighted by Crippen LogP contribution is 2.21. The van der Waals surface area contributed by atoms with Crippen molar-refractivity contribution in [2.24, 2.45) is 5.92 Å². The van der Waals surface area contributed by atoms with Gasteiger partial charge in [0.25, 0.3) is 0 Å². The molecule has 0 bridgehead atoms. The van der Waals surface area contributed by atoms with Crippen molar-refractivity contribution < 1.29 is 14.3 Å². The molecular formula is C16H28N2O3. The van der Waals surface area contributed by atoms with E-state index in [4.69, 9.17) is 4.74 Å². The molecule has 1 saturated carbocycles. The number of piperazine rings is 1. The molecule has 0 aromatic rings. The van der Waals surface area contributed by atoms with Crippen LogP contribution < -0.4 is 5.32 Å². The number of hydrogen-bond acceptors (Lipinski definition) is 3. The largest absolute Gasteiger partial charge is 0.376 e. The van der Waals surface area contributed by atoms with Gasteiger partial charge in [-0.1, -0.05) is 33.1 Å². The van der Waals surface area contributed by atoms with Gasteiger partial charge in [-0.2, -0.15) is 0 Å². The van der Waals surface area contributed by atoms with Crippen LogP contribution in [0.1, 0.15) is 52.9 Å². The smallest absolute Gasteiger partial charge is 0.245 e. The van der Waals surface area contributed by atoms with Crippen LogP contribution in [0, 0.1) is 5.92 Å². The number of amides is 2. The van der Waals surface area contributed by atoms with Gasteiger partial charge in [0.2, 0.25) is 11.8 Å². The van der Waals surface area contributed by atoms with E-state index in [-0.39, 0.29) is 23.8 Å². The Morgan fingerprint density at radius 1 is 1.24 bits per heavy atom. The molecule has 2 aliphatic rings. The zero-order chi connectivity index (χ0) is 15.4. The summed E-state index contributed by atoms with van der Waals surface area (Å²) in [4.78, 5) is 26.1. The van der Waals surface area contributed by atoms with Gasteiger partial charge >= 0.3 is 0 Å². The van der Waals surface area contributed by atoms with Crippen molar-refractivity contribution in [3.05, 3.63) is 0 Å². The zero-order valence-electron chi connectivity index (χ0n) is 13.4. The van der Waals surface area contributed by atoms with Crippen LogP contribution in [0.3, 0.4) is 0 Å². The van der Waals surface area contributed by atoms with Gasteiger partial charge < -0.3 is 15.0 Å². The molecule has 1 heterocycles. The molecule has 1 aliphatic carbocycles. The second-order valence-electron chi connectivity index (χ2n) is 6.58. The van der Waals surface area contributed by atoms with Gasteiger partial charge in [0, 0.05) is 6.54 Å². The highest BCUT2D eigenvalue weighted by atomic mass is 16.5. The Balaban J connectivity index is 1.90. The molecule has 0 radical (unpaired) electrons. The topological polar surface area (TPSA) is 58.6 Å². The molecule has 1 aliphatic heterocycles. The second kappa shape index (κ2) is 7.25. The Morgan fingerprint density at radius 2 is 1.90 bits per heavy atom. The van der Waals surface area contributed by atoms with Crippen molar-refractivity contribution in [2.75, 3.05) is 13.2 Å². The minimum Gasteiger partial charge on any atom is -0.376 e. The first-order valence-electron chi connectivity index (χ1n) is 8.23. The van der Waals surface area contributed by atoms with Crippen LogP contribution in [-0.4, -0.2) is 48.1 Å². The third-order valence-electron chi connectivity index (χ3n) is 4.49. The fraction of sp³-hybridized carbons (Fsp3) is 0.875. The summed E-state index contributed by atoms with van der Waals surface area (Å²) in [7, 11) is 0. The maximum Gasteiger partial charge on any atom is 0.245 e. The molecule has 2 amide bonds. The van der Waals surface area contributed by atoms with Crippen molar-refractivity contribution in [3.8, 4) is 0 Å². The molecule has 2 unspecified atom stereocenters. The molecular weight excluding hydrogens is 268 g/mol. The maximum atomic E-state index is 12.3. The zero-order valence-corrected chi connectivity index (χ0v) is 13.4. The fourth-order valence-corrected chi connectivity index (χ4v) is 3.35. The van der Waals surface area contributed by atoms with Crippen LogP contribution in [0.4, 0.5) is 0 Å². The molecule has 5 heteroatoms. The van der Waals surface area contributed by atoms with Gasteiger partial charge in [-0.05, 0) is 25.7 Å². The average molecular weight is 296 g/mol. The summed E-state index contributed by atoms with van der Waals surface area (Å²) in [5, 5.41) is 2.76. The molecule has 2 atom stereocenters. The average Bonchev–Trinajstić information content (AvgIpc) is 2.44. The van der Waals surface area contributed by atoms with Gasteiger partial charge in [0.05, 0.1) is 12.7 Å². The summed E-state index contributed by atoms with van der Waals surface area (Å²) in [6.07, 6.45) is 6.36. The highest BCUT2D eigenvalue weighted by molar-refractivity contribution is 5.96. The van der Waals surface area contributed by atoms with Gasteiger partial charge in [0.15, 0.2) is 0 Å². The van der Waals surface area contributed by atoms with Gasteiger partial charge in [-0.15, -0.1) is 0 Å². The Labute approximate surface area is 127 Å². The summed E-state index contributed by atoms with van der Waals surface area (Å²) in [5.74, 6) is 0.0615. The van der Waals surface area contributed by atoms with Crippen molar-refractivity contribution in [2.45, 2.75) is 71.1 Å². The predicted octanol–water partition coefficient (Wildman–Crippen LogP) is 1.71. The summed E-state index contributed by atoms with van der Waals surface area (Å²) >= 11 is 0. The second-order valence-corrected chi connectivity index (χ2v) is 6.58. The van der Waals surface area contributed by atoms with Crippen molar-refractivity contribution >= 4 is 11.8 Å². The summed E-state index contributed by atoms with van der Waals surface area (Å²) in [6.45, 7) is 6.73. The quantitative estimate of drug-likeness (QED) is 0.840. The maximum absolute atomic E-state index is 12.3. The van der Waals surface area contributed by atoms with Crippen LogP contribution in [0.25, 0.3) is 0 Å². The predicted molar refractivity (Wildman–Crippen MR) is 80.8 cm³/mol. The Hall–Kier alpha value is -1.10. The number of carbonyl (C=O) groups is 2. The summed E-state index contributed by atoms with van der Waals surface area (Å²) in [5.41, 5.74) is 0. The van der Waals surface area contributed by atoms with Crippen molar-refractivity contribution in [1.29, 1.82) is 0 Å². The van der Waals surface area contributed by atoms with Gasteiger partial charge in [0.1, 0.15) is 12.1 Å². The van der Waals surface area contributed by atoms with Crippen molar-refractivity contribution in [1.82, 2.24) is 10.2 Å². The van der Waals surface area contributed by atoms with Crippen LogP contribution in [0.15, 0.2) is 0 Å². The molecule has 21 heavy (non-hydrogen) atoms. The lowest BCUT2D eigenvalue weighted by atomic mass is 9.97. The Bertz CT molecular complexity index is 378. The number of nitrogens with zero attached hydrogens (tertiary/aromatic N) is 1. The standard InChI is InChI=1S/C16H28N2O3/c1-11(2)14-15(19)17-12(3)16(20)18(14)9-10-21-13-7-5-4-6-8-13/h11-14H,4-10H2,1-3H3,(H,17,19). The molecule has 120 valence electrons. The first kappa shape index (κ1) is 16.3.